The second-order valence-corrected chi connectivity index (χ2v) is 5.97. The highest BCUT2D eigenvalue weighted by Gasteiger charge is 2.42. The summed E-state index contributed by atoms with van der Waals surface area (Å²) in [6.45, 7) is 0.598. The van der Waals surface area contributed by atoms with Crippen molar-refractivity contribution in [2.45, 2.75) is 25.8 Å². The van der Waals surface area contributed by atoms with E-state index in [0.717, 1.165) is 28.6 Å². The van der Waals surface area contributed by atoms with Crippen molar-refractivity contribution in [3.63, 3.8) is 0 Å². The molecule has 0 spiro atoms. The maximum Gasteiger partial charge on any atom is 0.220 e. The molecule has 4 heteroatoms. The molecule has 0 saturated heterocycles. The Labute approximate surface area is 116 Å². The molecular formula is C13H16BrNOS. The van der Waals surface area contributed by atoms with Gasteiger partial charge in [0, 0.05) is 17.4 Å². The summed E-state index contributed by atoms with van der Waals surface area (Å²) in [5.74, 6) is 0.952. The largest absolute Gasteiger partial charge is 0.352 e. The fourth-order valence-corrected chi connectivity index (χ4v) is 2.69. The van der Waals surface area contributed by atoms with E-state index in [1.54, 1.807) is 0 Å². The Morgan fingerprint density at radius 1 is 1.47 bits per heavy atom. The lowest BCUT2D eigenvalue weighted by molar-refractivity contribution is -0.122. The molecule has 1 amide bonds. The summed E-state index contributed by atoms with van der Waals surface area (Å²) in [7, 11) is 0. The summed E-state index contributed by atoms with van der Waals surface area (Å²) in [5, 5.41) is 2.96. The number of hydrogen-bond donors (Lipinski definition) is 2. The van der Waals surface area contributed by atoms with Crippen LogP contribution in [-0.4, -0.2) is 11.7 Å². The fourth-order valence-electron chi connectivity index (χ4n) is 1.82. The minimum absolute atomic E-state index is 0.136. The Balaban J connectivity index is 1.80. The molecule has 0 heterocycles. The number of amides is 1. The van der Waals surface area contributed by atoms with E-state index >= 15 is 0 Å². The third-order valence-electron chi connectivity index (χ3n) is 3.21. The number of carbonyl (C=O) groups excluding carboxylic acids is 1. The standard InChI is InChI=1S/C13H16BrNOS/c14-11-3-1-2-10(6-11)8-15-12(16)7-13(9-17)4-5-13/h1-3,6,17H,4-5,7-9H2,(H,15,16). The monoisotopic (exact) mass is 313 g/mol. The molecule has 2 rings (SSSR count). The normalized spacial score (nSPS) is 16.6. The van der Waals surface area contributed by atoms with E-state index in [4.69, 9.17) is 0 Å². The summed E-state index contributed by atoms with van der Waals surface area (Å²) < 4.78 is 1.04. The van der Waals surface area contributed by atoms with Crippen LogP contribution in [0.2, 0.25) is 0 Å². The van der Waals surface area contributed by atoms with Crippen LogP contribution in [-0.2, 0) is 11.3 Å². The maximum absolute atomic E-state index is 11.8. The highest BCUT2D eigenvalue weighted by atomic mass is 79.9. The van der Waals surface area contributed by atoms with Crippen LogP contribution in [0.5, 0.6) is 0 Å². The predicted octanol–water partition coefficient (Wildman–Crippen LogP) is 3.17. The van der Waals surface area contributed by atoms with Gasteiger partial charge in [-0.25, -0.2) is 0 Å². The van der Waals surface area contributed by atoms with E-state index in [0.29, 0.717) is 13.0 Å². The summed E-state index contributed by atoms with van der Waals surface area (Å²) in [5.41, 5.74) is 1.31. The summed E-state index contributed by atoms with van der Waals surface area (Å²) in [6.07, 6.45) is 2.89. The first-order chi connectivity index (χ1) is 8.13. The molecule has 1 aliphatic rings. The molecule has 0 atom stereocenters. The number of halogens is 1. The van der Waals surface area contributed by atoms with E-state index < -0.39 is 0 Å². The van der Waals surface area contributed by atoms with E-state index in [-0.39, 0.29) is 11.3 Å². The Kier molecular flexibility index (Phi) is 4.15. The van der Waals surface area contributed by atoms with E-state index in [2.05, 4.69) is 33.9 Å². The van der Waals surface area contributed by atoms with Crippen LogP contribution in [0.3, 0.4) is 0 Å². The summed E-state index contributed by atoms with van der Waals surface area (Å²) in [4.78, 5) is 11.8. The maximum atomic E-state index is 11.8. The van der Waals surface area contributed by atoms with Gasteiger partial charge in [0.1, 0.15) is 0 Å². The molecule has 1 saturated carbocycles. The van der Waals surface area contributed by atoms with Crippen molar-refractivity contribution in [2.75, 3.05) is 5.75 Å². The predicted molar refractivity (Wildman–Crippen MR) is 76.1 cm³/mol. The van der Waals surface area contributed by atoms with Crippen molar-refractivity contribution < 1.29 is 4.79 Å². The second kappa shape index (κ2) is 5.44. The molecule has 0 radical (unpaired) electrons. The third-order valence-corrected chi connectivity index (χ3v) is 4.37. The van der Waals surface area contributed by atoms with Crippen molar-refractivity contribution in [3.05, 3.63) is 34.3 Å². The first-order valence-electron chi connectivity index (χ1n) is 5.76. The van der Waals surface area contributed by atoms with E-state index in [9.17, 15) is 4.79 Å². The van der Waals surface area contributed by atoms with E-state index in [1.807, 2.05) is 24.3 Å². The highest BCUT2D eigenvalue weighted by molar-refractivity contribution is 9.10. The van der Waals surface area contributed by atoms with Crippen LogP contribution in [0.25, 0.3) is 0 Å². The van der Waals surface area contributed by atoms with Crippen LogP contribution < -0.4 is 5.32 Å². The van der Waals surface area contributed by atoms with Crippen LogP contribution in [0, 0.1) is 5.41 Å². The lowest BCUT2D eigenvalue weighted by Gasteiger charge is -2.11. The zero-order valence-electron chi connectivity index (χ0n) is 9.58. The van der Waals surface area contributed by atoms with Gasteiger partial charge in [-0.05, 0) is 41.7 Å². The van der Waals surface area contributed by atoms with Crippen LogP contribution in [0.15, 0.2) is 28.7 Å². The molecule has 0 aromatic heterocycles. The molecule has 0 bridgehead atoms. The van der Waals surface area contributed by atoms with Gasteiger partial charge >= 0.3 is 0 Å². The fraction of sp³-hybridized carbons (Fsp3) is 0.462. The van der Waals surface area contributed by atoms with E-state index in [1.165, 1.54) is 0 Å². The molecule has 1 fully saturated rings. The van der Waals surface area contributed by atoms with Crippen LogP contribution in [0.1, 0.15) is 24.8 Å². The molecule has 17 heavy (non-hydrogen) atoms. The van der Waals surface area contributed by atoms with Crippen molar-refractivity contribution >= 4 is 34.5 Å². The Bertz CT molecular complexity index is 418. The Hall–Kier alpha value is -0.480. The number of hydrogen-bond acceptors (Lipinski definition) is 2. The smallest absolute Gasteiger partial charge is 0.220 e. The second-order valence-electron chi connectivity index (χ2n) is 4.74. The average Bonchev–Trinajstić information content (AvgIpc) is 3.07. The first kappa shape index (κ1) is 13.0. The van der Waals surface area contributed by atoms with Crippen LogP contribution in [0.4, 0.5) is 0 Å². The molecule has 1 aromatic carbocycles. The SMILES string of the molecule is O=C(CC1(CS)CC1)NCc1cccc(Br)c1. The minimum Gasteiger partial charge on any atom is -0.352 e. The molecule has 0 unspecified atom stereocenters. The topological polar surface area (TPSA) is 29.1 Å². The van der Waals surface area contributed by atoms with Gasteiger partial charge in [0.15, 0.2) is 0 Å². The summed E-state index contributed by atoms with van der Waals surface area (Å²) >= 11 is 7.72. The zero-order valence-corrected chi connectivity index (χ0v) is 12.1. The summed E-state index contributed by atoms with van der Waals surface area (Å²) in [6, 6.07) is 7.98. The van der Waals surface area contributed by atoms with Gasteiger partial charge in [0.2, 0.25) is 5.91 Å². The molecule has 0 aliphatic heterocycles. The molecule has 92 valence electrons. The number of nitrogens with one attached hydrogen (secondary N) is 1. The van der Waals surface area contributed by atoms with Crippen molar-refractivity contribution in [1.82, 2.24) is 5.32 Å². The Morgan fingerprint density at radius 3 is 2.82 bits per heavy atom. The zero-order chi connectivity index (χ0) is 12.3. The van der Waals surface area contributed by atoms with Crippen molar-refractivity contribution in [3.8, 4) is 0 Å². The number of thiol groups is 1. The third kappa shape index (κ3) is 3.75. The van der Waals surface area contributed by atoms with Crippen LogP contribution >= 0.6 is 28.6 Å². The molecule has 2 nitrogen and oxygen atoms in total. The van der Waals surface area contributed by atoms with Gasteiger partial charge in [0.25, 0.3) is 0 Å². The van der Waals surface area contributed by atoms with Gasteiger partial charge in [0.05, 0.1) is 0 Å². The Morgan fingerprint density at radius 2 is 2.24 bits per heavy atom. The lowest BCUT2D eigenvalue weighted by Crippen LogP contribution is -2.26. The minimum atomic E-state index is 0.136. The van der Waals surface area contributed by atoms with Gasteiger partial charge < -0.3 is 5.32 Å². The average molecular weight is 314 g/mol. The van der Waals surface area contributed by atoms with Crippen molar-refractivity contribution in [1.29, 1.82) is 0 Å². The van der Waals surface area contributed by atoms with Gasteiger partial charge in [-0.2, -0.15) is 12.6 Å². The number of rotatable bonds is 5. The first-order valence-corrected chi connectivity index (χ1v) is 7.18. The molecule has 1 N–H and O–H groups in total. The van der Waals surface area contributed by atoms with Gasteiger partial charge in [-0.3, -0.25) is 4.79 Å². The highest BCUT2D eigenvalue weighted by Crippen LogP contribution is 2.49. The molecule has 1 aromatic rings. The quantitative estimate of drug-likeness (QED) is 0.803. The van der Waals surface area contributed by atoms with Crippen molar-refractivity contribution in [2.24, 2.45) is 5.41 Å². The lowest BCUT2D eigenvalue weighted by atomic mass is 10.1. The van der Waals surface area contributed by atoms with Gasteiger partial charge in [-0.15, -0.1) is 0 Å². The molecular weight excluding hydrogens is 298 g/mol. The molecule has 1 aliphatic carbocycles. The van der Waals surface area contributed by atoms with Gasteiger partial charge in [-0.1, -0.05) is 28.1 Å². The number of carbonyl (C=O) groups is 1. The number of benzene rings is 1.